The minimum absolute atomic E-state index is 0.0435. The maximum absolute atomic E-state index is 12.3. The van der Waals surface area contributed by atoms with Crippen LogP contribution >= 0.6 is 11.3 Å². The summed E-state index contributed by atoms with van der Waals surface area (Å²) in [6.45, 7) is 13.4. The van der Waals surface area contributed by atoms with Crippen LogP contribution in [0, 0.1) is 5.41 Å². The van der Waals surface area contributed by atoms with Crippen molar-refractivity contribution < 1.29 is 9.53 Å². The third-order valence-corrected chi connectivity index (χ3v) is 6.50. The first kappa shape index (κ1) is 25.0. The van der Waals surface area contributed by atoms with E-state index in [1.807, 2.05) is 18.3 Å². The second-order valence-corrected chi connectivity index (χ2v) is 11.6. The molecular weight excluding hydrogens is 428 g/mol. The molecular formula is C28H36N2O2S. The zero-order valence-electron chi connectivity index (χ0n) is 20.7. The van der Waals surface area contributed by atoms with Crippen LogP contribution in [0.4, 0.5) is 5.13 Å². The predicted molar refractivity (Wildman–Crippen MR) is 138 cm³/mol. The smallest absolute Gasteiger partial charge is 0.264 e. The van der Waals surface area contributed by atoms with Gasteiger partial charge in [-0.2, -0.15) is 0 Å². The molecule has 0 aliphatic rings. The van der Waals surface area contributed by atoms with Crippen molar-refractivity contribution in [3.8, 4) is 5.75 Å². The van der Waals surface area contributed by atoms with Gasteiger partial charge in [0.05, 0.1) is 0 Å². The highest BCUT2D eigenvalue weighted by Crippen LogP contribution is 2.36. The second-order valence-electron chi connectivity index (χ2n) is 10.5. The number of aryl methyl sites for hydroxylation is 1. The lowest BCUT2D eigenvalue weighted by Gasteiger charge is -2.33. The van der Waals surface area contributed by atoms with E-state index in [1.54, 1.807) is 0 Å². The number of hydrogen-bond acceptors (Lipinski definition) is 4. The number of hydrogen-bond donors (Lipinski definition) is 1. The molecule has 2 aromatic carbocycles. The summed E-state index contributed by atoms with van der Waals surface area (Å²) in [5.74, 6) is 0.483. The summed E-state index contributed by atoms with van der Waals surface area (Å²) in [6.07, 6.45) is 4.76. The van der Waals surface area contributed by atoms with Crippen molar-refractivity contribution in [1.29, 1.82) is 0 Å². The summed E-state index contributed by atoms with van der Waals surface area (Å²) >= 11 is 1.50. The molecule has 176 valence electrons. The Hall–Kier alpha value is -2.66. The molecule has 0 saturated heterocycles. The minimum Gasteiger partial charge on any atom is -0.484 e. The summed E-state index contributed by atoms with van der Waals surface area (Å²) in [4.78, 5) is 17.8. The van der Waals surface area contributed by atoms with Gasteiger partial charge in [0.15, 0.2) is 11.7 Å². The van der Waals surface area contributed by atoms with Crippen LogP contribution in [0.1, 0.15) is 69.5 Å². The van der Waals surface area contributed by atoms with Gasteiger partial charge in [0.25, 0.3) is 5.91 Å². The topological polar surface area (TPSA) is 51.2 Å². The van der Waals surface area contributed by atoms with Crippen LogP contribution in [0.3, 0.4) is 0 Å². The van der Waals surface area contributed by atoms with Crippen molar-refractivity contribution in [2.24, 2.45) is 5.41 Å². The zero-order valence-corrected chi connectivity index (χ0v) is 21.5. The molecule has 3 rings (SSSR count). The summed E-state index contributed by atoms with van der Waals surface area (Å²) in [5, 5.41) is 3.44. The Morgan fingerprint density at radius 2 is 1.61 bits per heavy atom. The van der Waals surface area contributed by atoms with Gasteiger partial charge in [-0.15, -0.1) is 11.3 Å². The molecule has 0 bridgehead atoms. The van der Waals surface area contributed by atoms with Crippen LogP contribution in [0.5, 0.6) is 5.75 Å². The fraction of sp³-hybridized carbons (Fsp3) is 0.429. The van der Waals surface area contributed by atoms with E-state index in [4.69, 9.17) is 4.74 Å². The fourth-order valence-corrected chi connectivity index (χ4v) is 5.14. The summed E-state index contributed by atoms with van der Waals surface area (Å²) in [6, 6.07) is 16.7. The van der Waals surface area contributed by atoms with E-state index >= 15 is 0 Å². The molecule has 1 aromatic heterocycles. The van der Waals surface area contributed by atoms with Crippen LogP contribution in [0.2, 0.25) is 0 Å². The van der Waals surface area contributed by atoms with E-state index < -0.39 is 0 Å². The Bertz CT molecular complexity index is 1040. The average Bonchev–Trinajstić information content (AvgIpc) is 3.18. The molecule has 0 aliphatic carbocycles. The molecule has 5 heteroatoms. The maximum atomic E-state index is 12.3. The number of aromatic nitrogens is 1. The Morgan fingerprint density at radius 3 is 2.21 bits per heavy atom. The maximum Gasteiger partial charge on any atom is 0.264 e. The standard InChI is InChI=1S/C28H36N2O2S/c1-7-20-8-10-21(11-9-20)16-24-17-29-26(33-24)30-25(31)18-32-23-14-12-22(13-15-23)28(5,6)19-27(2,3)4/h8-15,17H,7,16,18-19H2,1-6H3,(H,29,30,31). The van der Waals surface area contributed by atoms with Gasteiger partial charge in [0, 0.05) is 17.5 Å². The van der Waals surface area contributed by atoms with Gasteiger partial charge in [-0.1, -0.05) is 77.9 Å². The average molecular weight is 465 g/mol. The van der Waals surface area contributed by atoms with Crippen molar-refractivity contribution in [1.82, 2.24) is 4.98 Å². The van der Waals surface area contributed by atoms with Crippen LogP contribution in [0.15, 0.2) is 54.7 Å². The Morgan fingerprint density at radius 1 is 0.970 bits per heavy atom. The number of carbonyl (C=O) groups excluding carboxylic acids is 1. The highest BCUT2D eigenvalue weighted by Gasteiger charge is 2.27. The molecule has 0 saturated carbocycles. The van der Waals surface area contributed by atoms with Crippen LogP contribution in [-0.2, 0) is 23.1 Å². The number of thiazole rings is 1. The summed E-state index contributed by atoms with van der Waals surface area (Å²) in [7, 11) is 0. The Labute approximate surface area is 202 Å². The lowest BCUT2D eigenvalue weighted by Crippen LogP contribution is -2.24. The number of ether oxygens (including phenoxy) is 1. The molecule has 0 fully saturated rings. The van der Waals surface area contributed by atoms with Gasteiger partial charge in [-0.3, -0.25) is 10.1 Å². The number of benzene rings is 2. The number of amides is 1. The lowest BCUT2D eigenvalue weighted by atomic mass is 9.72. The van der Waals surface area contributed by atoms with Crippen molar-refractivity contribution in [2.45, 2.75) is 66.2 Å². The van der Waals surface area contributed by atoms with Gasteiger partial charge in [-0.05, 0) is 52.5 Å². The number of nitrogens with one attached hydrogen (secondary N) is 1. The van der Waals surface area contributed by atoms with Gasteiger partial charge in [0.1, 0.15) is 5.75 Å². The van der Waals surface area contributed by atoms with E-state index in [0.717, 1.165) is 24.1 Å². The van der Waals surface area contributed by atoms with Crippen molar-refractivity contribution >= 4 is 22.4 Å². The SMILES string of the molecule is CCc1ccc(Cc2cnc(NC(=O)COc3ccc(C(C)(C)CC(C)(C)C)cc3)s2)cc1. The van der Waals surface area contributed by atoms with Crippen molar-refractivity contribution in [3.63, 3.8) is 0 Å². The van der Waals surface area contributed by atoms with Crippen LogP contribution in [-0.4, -0.2) is 17.5 Å². The third kappa shape index (κ3) is 7.71. The van der Waals surface area contributed by atoms with Gasteiger partial charge < -0.3 is 4.74 Å². The van der Waals surface area contributed by atoms with Gasteiger partial charge in [-0.25, -0.2) is 4.98 Å². The van der Waals surface area contributed by atoms with Crippen LogP contribution in [0.25, 0.3) is 0 Å². The minimum atomic E-state index is -0.208. The van der Waals surface area contributed by atoms with E-state index in [2.05, 4.69) is 88.2 Å². The molecule has 4 nitrogen and oxygen atoms in total. The molecule has 0 aliphatic heterocycles. The molecule has 0 atom stereocenters. The summed E-state index contributed by atoms with van der Waals surface area (Å²) < 4.78 is 5.70. The first-order valence-electron chi connectivity index (χ1n) is 11.6. The van der Waals surface area contributed by atoms with E-state index in [-0.39, 0.29) is 23.3 Å². The monoisotopic (exact) mass is 464 g/mol. The first-order chi connectivity index (χ1) is 15.5. The second kappa shape index (κ2) is 10.5. The quantitative estimate of drug-likeness (QED) is 0.370. The Balaban J connectivity index is 1.49. The van der Waals surface area contributed by atoms with E-state index in [9.17, 15) is 4.79 Å². The lowest BCUT2D eigenvalue weighted by molar-refractivity contribution is -0.118. The van der Waals surface area contributed by atoms with Crippen molar-refractivity contribution in [3.05, 3.63) is 76.3 Å². The van der Waals surface area contributed by atoms with Crippen LogP contribution < -0.4 is 10.1 Å². The first-order valence-corrected chi connectivity index (χ1v) is 12.4. The number of rotatable bonds is 9. The summed E-state index contributed by atoms with van der Waals surface area (Å²) in [5.41, 5.74) is 4.18. The number of nitrogens with zero attached hydrogens (tertiary/aromatic N) is 1. The van der Waals surface area contributed by atoms with Crippen molar-refractivity contribution in [2.75, 3.05) is 11.9 Å². The molecule has 0 spiro atoms. The molecule has 0 unspecified atom stereocenters. The molecule has 33 heavy (non-hydrogen) atoms. The molecule has 0 radical (unpaired) electrons. The highest BCUT2D eigenvalue weighted by molar-refractivity contribution is 7.15. The third-order valence-electron chi connectivity index (χ3n) is 5.59. The number of carbonyl (C=O) groups is 1. The molecule has 1 amide bonds. The van der Waals surface area contributed by atoms with Gasteiger partial charge >= 0.3 is 0 Å². The van der Waals surface area contributed by atoms with E-state index in [1.165, 1.54) is 28.0 Å². The highest BCUT2D eigenvalue weighted by atomic mass is 32.1. The van der Waals surface area contributed by atoms with Gasteiger partial charge in [0.2, 0.25) is 0 Å². The zero-order chi connectivity index (χ0) is 24.1. The predicted octanol–water partition coefficient (Wildman–Crippen LogP) is 7.03. The Kier molecular flexibility index (Phi) is 7.96. The molecule has 1 heterocycles. The molecule has 1 N–H and O–H groups in total. The largest absolute Gasteiger partial charge is 0.484 e. The normalized spacial score (nSPS) is 11.9. The molecule has 3 aromatic rings. The number of anilines is 1. The van der Waals surface area contributed by atoms with E-state index in [0.29, 0.717) is 10.9 Å². The fourth-order valence-electron chi connectivity index (χ4n) is 4.28.